The number of pyridine rings is 1. The number of benzene rings is 3. The number of nitrogens with zero attached hydrogens (tertiary/aromatic N) is 2. The summed E-state index contributed by atoms with van der Waals surface area (Å²) in [4.78, 5) is 18.1. The monoisotopic (exact) mass is 570 g/mol. The maximum Gasteiger partial charge on any atom is 0.309 e. The standard InChI is InChI=1S/C33H31ClN2O3S/c1-20-16-25-29(39-19-24-13-10-22-6-4-5-7-26(22)35-24)15-14-27-30(25)31(40-20)28(17-33(2,3)32(37)38)36(27)18-21-8-11-23(34)12-9-21/h4-15,20H,16-19H2,1-3H3,(H,37,38). The molecule has 0 saturated carbocycles. The van der Waals surface area contributed by atoms with Crippen LogP contribution in [0.4, 0.5) is 0 Å². The van der Waals surface area contributed by atoms with Gasteiger partial charge in [-0.1, -0.05) is 54.9 Å². The molecule has 6 rings (SSSR count). The zero-order valence-corrected chi connectivity index (χ0v) is 24.4. The molecule has 5 nitrogen and oxygen atoms in total. The number of para-hydroxylation sites is 1. The van der Waals surface area contributed by atoms with E-state index in [1.54, 1.807) is 13.8 Å². The number of carboxylic acid groups (broad SMARTS) is 1. The predicted octanol–water partition coefficient (Wildman–Crippen LogP) is 8.16. The number of halogens is 1. The summed E-state index contributed by atoms with van der Waals surface area (Å²) in [5.41, 5.74) is 5.39. The minimum atomic E-state index is -0.912. The van der Waals surface area contributed by atoms with Crippen LogP contribution in [0.15, 0.2) is 77.7 Å². The van der Waals surface area contributed by atoms with E-state index >= 15 is 0 Å². The molecule has 3 heterocycles. The lowest BCUT2D eigenvalue weighted by atomic mass is 9.87. The third kappa shape index (κ3) is 5.06. The second-order valence-electron chi connectivity index (χ2n) is 11.2. The second kappa shape index (κ2) is 10.5. The van der Waals surface area contributed by atoms with Gasteiger partial charge in [-0.15, -0.1) is 11.8 Å². The van der Waals surface area contributed by atoms with E-state index in [-0.39, 0.29) is 0 Å². The van der Waals surface area contributed by atoms with Gasteiger partial charge in [0.25, 0.3) is 0 Å². The van der Waals surface area contributed by atoms with Crippen molar-refractivity contribution in [3.63, 3.8) is 0 Å². The molecule has 40 heavy (non-hydrogen) atoms. The zero-order chi connectivity index (χ0) is 28.0. The Morgan fingerprint density at radius 2 is 1.88 bits per heavy atom. The first-order chi connectivity index (χ1) is 19.2. The molecule has 0 spiro atoms. The second-order valence-corrected chi connectivity index (χ2v) is 13.1. The van der Waals surface area contributed by atoms with Crippen molar-refractivity contribution < 1.29 is 14.6 Å². The fourth-order valence-corrected chi connectivity index (χ4v) is 6.91. The summed E-state index contributed by atoms with van der Waals surface area (Å²) in [6.07, 6.45) is 1.30. The number of aromatic nitrogens is 2. The molecule has 1 N–H and O–H groups in total. The molecule has 1 unspecified atom stereocenters. The van der Waals surface area contributed by atoms with E-state index in [1.807, 2.05) is 60.3 Å². The van der Waals surface area contributed by atoms with Gasteiger partial charge < -0.3 is 14.4 Å². The molecule has 1 aliphatic rings. The molecule has 2 aromatic heterocycles. The number of carbonyl (C=O) groups is 1. The van der Waals surface area contributed by atoms with Crippen molar-refractivity contribution in [2.45, 2.75) is 56.9 Å². The van der Waals surface area contributed by atoms with E-state index in [1.165, 1.54) is 15.8 Å². The number of fused-ring (bicyclic) bond motifs is 1. The average molecular weight is 571 g/mol. The molecule has 5 aromatic rings. The smallest absolute Gasteiger partial charge is 0.309 e. The van der Waals surface area contributed by atoms with E-state index in [2.05, 4.69) is 35.8 Å². The van der Waals surface area contributed by atoms with Crippen LogP contribution in [0.3, 0.4) is 0 Å². The highest BCUT2D eigenvalue weighted by Gasteiger charge is 2.34. The third-order valence-electron chi connectivity index (χ3n) is 7.64. The minimum Gasteiger partial charge on any atom is -0.487 e. The summed E-state index contributed by atoms with van der Waals surface area (Å²) >= 11 is 8.00. The first-order valence-electron chi connectivity index (χ1n) is 13.5. The Kier molecular flexibility index (Phi) is 7.01. The molecule has 0 fully saturated rings. The quantitative estimate of drug-likeness (QED) is 0.204. The van der Waals surface area contributed by atoms with Crippen LogP contribution in [0.1, 0.15) is 43.3 Å². The van der Waals surface area contributed by atoms with Gasteiger partial charge in [-0.25, -0.2) is 4.98 Å². The molecular formula is C33H31ClN2O3S. The summed E-state index contributed by atoms with van der Waals surface area (Å²) in [6.45, 7) is 6.84. The Hall–Kier alpha value is -3.48. The number of ether oxygens (including phenoxy) is 1. The van der Waals surface area contributed by atoms with Crippen molar-refractivity contribution in [2.75, 3.05) is 0 Å². The van der Waals surface area contributed by atoms with Crippen molar-refractivity contribution in [3.05, 3.63) is 100 Å². The maximum atomic E-state index is 12.2. The van der Waals surface area contributed by atoms with Gasteiger partial charge in [0.05, 0.1) is 22.1 Å². The van der Waals surface area contributed by atoms with Crippen molar-refractivity contribution in [2.24, 2.45) is 5.41 Å². The van der Waals surface area contributed by atoms with Crippen molar-refractivity contribution in [3.8, 4) is 5.75 Å². The van der Waals surface area contributed by atoms with E-state index in [0.29, 0.717) is 29.8 Å². The molecule has 0 bridgehead atoms. The van der Waals surface area contributed by atoms with Gasteiger partial charge >= 0.3 is 5.97 Å². The van der Waals surface area contributed by atoms with Gasteiger partial charge in [-0.05, 0) is 62.2 Å². The summed E-state index contributed by atoms with van der Waals surface area (Å²) in [6, 6.07) is 24.2. The Labute approximate surface area is 243 Å². The third-order valence-corrected chi connectivity index (χ3v) is 9.13. The fourth-order valence-electron chi connectivity index (χ4n) is 5.47. The molecule has 0 amide bonds. The van der Waals surface area contributed by atoms with Crippen molar-refractivity contribution in [1.29, 1.82) is 0 Å². The highest BCUT2D eigenvalue weighted by molar-refractivity contribution is 8.00. The lowest BCUT2D eigenvalue weighted by molar-refractivity contribution is -0.146. The number of aliphatic carboxylic acids is 1. The van der Waals surface area contributed by atoms with E-state index in [0.717, 1.165) is 45.5 Å². The molecule has 3 aromatic carbocycles. The molecular weight excluding hydrogens is 540 g/mol. The van der Waals surface area contributed by atoms with Crippen LogP contribution in [0.5, 0.6) is 5.75 Å². The maximum absolute atomic E-state index is 12.2. The Morgan fingerprint density at radius 1 is 1.10 bits per heavy atom. The van der Waals surface area contributed by atoms with Crippen LogP contribution >= 0.6 is 23.4 Å². The lowest BCUT2D eigenvalue weighted by Crippen LogP contribution is -2.28. The van der Waals surface area contributed by atoms with Gasteiger partial charge in [0.15, 0.2) is 0 Å². The van der Waals surface area contributed by atoms with E-state index < -0.39 is 11.4 Å². The Balaban J connectivity index is 1.44. The zero-order valence-electron chi connectivity index (χ0n) is 22.8. The van der Waals surface area contributed by atoms with Crippen LogP contribution in [0.2, 0.25) is 5.02 Å². The minimum absolute atomic E-state index is 0.331. The number of thioether (sulfide) groups is 1. The highest BCUT2D eigenvalue weighted by Crippen LogP contribution is 2.48. The molecule has 1 aliphatic heterocycles. The SMILES string of the molecule is CC1Cc2c(OCc3ccc4ccccc4n3)ccc3c2c(c(CC(C)(C)C(=O)O)n3Cc2ccc(Cl)cc2)S1. The van der Waals surface area contributed by atoms with Crippen LogP contribution in [0.25, 0.3) is 21.8 Å². The normalized spacial score (nSPS) is 15.1. The highest BCUT2D eigenvalue weighted by atomic mass is 35.5. The van der Waals surface area contributed by atoms with Crippen LogP contribution < -0.4 is 4.74 Å². The van der Waals surface area contributed by atoms with Crippen LogP contribution in [0, 0.1) is 5.41 Å². The van der Waals surface area contributed by atoms with Gasteiger partial charge in [0, 0.05) is 50.2 Å². The first kappa shape index (κ1) is 26.7. The van der Waals surface area contributed by atoms with Crippen LogP contribution in [-0.4, -0.2) is 25.9 Å². The van der Waals surface area contributed by atoms with Crippen molar-refractivity contribution >= 4 is 51.1 Å². The number of carboxylic acids is 1. The lowest BCUT2D eigenvalue weighted by Gasteiger charge is -2.24. The summed E-state index contributed by atoms with van der Waals surface area (Å²) in [7, 11) is 0. The molecule has 0 saturated heterocycles. The number of hydrogen-bond acceptors (Lipinski definition) is 4. The van der Waals surface area contributed by atoms with Gasteiger partial charge in [-0.3, -0.25) is 4.79 Å². The first-order valence-corrected chi connectivity index (χ1v) is 14.7. The van der Waals surface area contributed by atoms with Gasteiger partial charge in [0.2, 0.25) is 0 Å². The van der Waals surface area contributed by atoms with Crippen LogP contribution in [-0.2, 0) is 30.8 Å². The molecule has 204 valence electrons. The fraction of sp³-hybridized carbons (Fsp3) is 0.273. The summed E-state index contributed by atoms with van der Waals surface area (Å²) < 4.78 is 8.73. The van der Waals surface area contributed by atoms with E-state index in [4.69, 9.17) is 21.3 Å². The number of rotatable bonds is 8. The summed E-state index contributed by atoms with van der Waals surface area (Å²) in [5, 5.41) is 13.3. The van der Waals surface area contributed by atoms with Crippen molar-refractivity contribution in [1.82, 2.24) is 9.55 Å². The summed E-state index contributed by atoms with van der Waals surface area (Å²) in [5.74, 6) is 0.0625. The molecule has 1 atom stereocenters. The molecule has 0 aliphatic carbocycles. The molecule has 0 radical (unpaired) electrons. The Bertz CT molecular complexity index is 1740. The predicted molar refractivity (Wildman–Crippen MR) is 163 cm³/mol. The van der Waals surface area contributed by atoms with Gasteiger partial charge in [-0.2, -0.15) is 0 Å². The van der Waals surface area contributed by atoms with E-state index in [9.17, 15) is 9.90 Å². The average Bonchev–Trinajstić information content (AvgIpc) is 3.21. The molecule has 7 heteroatoms. The topological polar surface area (TPSA) is 64.3 Å². The van der Waals surface area contributed by atoms with Gasteiger partial charge in [0.1, 0.15) is 12.4 Å². The Morgan fingerprint density at radius 3 is 2.65 bits per heavy atom. The largest absolute Gasteiger partial charge is 0.487 e. The number of hydrogen-bond donors (Lipinski definition) is 1.